The zero-order valence-corrected chi connectivity index (χ0v) is 7.99. The highest BCUT2D eigenvalue weighted by molar-refractivity contribution is 6.09. The Labute approximate surface area is 82.3 Å². The van der Waals surface area contributed by atoms with E-state index in [4.69, 9.17) is 10.9 Å². The number of amides is 1. The van der Waals surface area contributed by atoms with Crippen LogP contribution in [0.15, 0.2) is 5.16 Å². The van der Waals surface area contributed by atoms with E-state index in [0.717, 1.165) is 12.8 Å². The van der Waals surface area contributed by atoms with Crippen LogP contribution in [-0.4, -0.2) is 23.0 Å². The molecule has 0 aromatic heterocycles. The Kier molecular flexibility index (Phi) is 2.09. The SMILES string of the molecule is NC(=NO)C1(C(=O)NC2CCC2)CC1. The summed E-state index contributed by atoms with van der Waals surface area (Å²) in [5, 5.41) is 14.4. The second-order valence-electron chi connectivity index (χ2n) is 4.17. The summed E-state index contributed by atoms with van der Waals surface area (Å²) < 4.78 is 0. The van der Waals surface area contributed by atoms with Crippen LogP contribution in [0.25, 0.3) is 0 Å². The van der Waals surface area contributed by atoms with Gasteiger partial charge in [-0.3, -0.25) is 4.79 Å². The summed E-state index contributed by atoms with van der Waals surface area (Å²) in [5.41, 5.74) is 4.80. The summed E-state index contributed by atoms with van der Waals surface area (Å²) in [5.74, 6) is -0.0215. The van der Waals surface area contributed by atoms with Crippen molar-refractivity contribution in [1.29, 1.82) is 0 Å². The molecule has 0 unspecified atom stereocenters. The molecule has 5 nitrogen and oxygen atoms in total. The quantitative estimate of drug-likeness (QED) is 0.261. The number of carbonyl (C=O) groups is 1. The Hall–Kier alpha value is -1.26. The van der Waals surface area contributed by atoms with Crippen LogP contribution in [0.1, 0.15) is 32.1 Å². The lowest BCUT2D eigenvalue weighted by Gasteiger charge is -2.28. The van der Waals surface area contributed by atoms with E-state index >= 15 is 0 Å². The summed E-state index contributed by atoms with van der Waals surface area (Å²) in [6.45, 7) is 0. The summed E-state index contributed by atoms with van der Waals surface area (Å²) in [6, 6.07) is 0.312. The molecule has 0 bridgehead atoms. The Balaban J connectivity index is 1.96. The van der Waals surface area contributed by atoms with Crippen LogP contribution >= 0.6 is 0 Å². The normalized spacial score (nSPS) is 25.3. The molecule has 0 saturated heterocycles. The van der Waals surface area contributed by atoms with Crippen LogP contribution in [0.3, 0.4) is 0 Å². The number of hydrogen-bond acceptors (Lipinski definition) is 3. The summed E-state index contributed by atoms with van der Waals surface area (Å²) in [6.07, 6.45) is 4.68. The fourth-order valence-electron chi connectivity index (χ4n) is 1.70. The highest BCUT2D eigenvalue weighted by Gasteiger charge is 2.54. The Bertz CT molecular complexity index is 280. The van der Waals surface area contributed by atoms with Gasteiger partial charge in [0.15, 0.2) is 5.84 Å². The Morgan fingerprint density at radius 3 is 2.50 bits per heavy atom. The lowest BCUT2D eigenvalue weighted by molar-refractivity contribution is -0.125. The number of nitrogens with zero attached hydrogens (tertiary/aromatic N) is 1. The van der Waals surface area contributed by atoms with Gasteiger partial charge in [-0.05, 0) is 32.1 Å². The standard InChI is InChI=1S/C9H15N3O2/c10-7(12-14)9(4-5-9)8(13)11-6-2-1-3-6/h6,14H,1-5H2,(H2,10,12)(H,11,13). The van der Waals surface area contributed by atoms with Crippen molar-refractivity contribution < 1.29 is 10.0 Å². The molecule has 0 spiro atoms. The maximum absolute atomic E-state index is 11.7. The number of nitrogens with one attached hydrogen (secondary N) is 1. The van der Waals surface area contributed by atoms with Gasteiger partial charge in [-0.1, -0.05) is 5.16 Å². The van der Waals surface area contributed by atoms with Gasteiger partial charge in [0.2, 0.25) is 5.91 Å². The van der Waals surface area contributed by atoms with Gasteiger partial charge in [-0.2, -0.15) is 0 Å². The molecule has 0 radical (unpaired) electrons. The van der Waals surface area contributed by atoms with Gasteiger partial charge >= 0.3 is 0 Å². The molecule has 1 amide bonds. The molecule has 2 fully saturated rings. The predicted molar refractivity (Wildman–Crippen MR) is 50.9 cm³/mol. The number of rotatable bonds is 3. The zero-order chi connectivity index (χ0) is 10.2. The first-order valence-corrected chi connectivity index (χ1v) is 4.98. The first kappa shape index (κ1) is 9.30. The highest BCUT2D eigenvalue weighted by Crippen LogP contribution is 2.46. The molecule has 0 atom stereocenters. The Morgan fingerprint density at radius 1 is 1.50 bits per heavy atom. The van der Waals surface area contributed by atoms with Crippen molar-refractivity contribution in [3.05, 3.63) is 0 Å². The Morgan fingerprint density at radius 2 is 2.14 bits per heavy atom. The van der Waals surface area contributed by atoms with Crippen LogP contribution in [-0.2, 0) is 4.79 Å². The fourth-order valence-corrected chi connectivity index (χ4v) is 1.70. The monoisotopic (exact) mass is 197 g/mol. The maximum atomic E-state index is 11.7. The molecule has 0 aromatic carbocycles. The van der Waals surface area contributed by atoms with Crippen LogP contribution in [0.4, 0.5) is 0 Å². The van der Waals surface area contributed by atoms with Gasteiger partial charge in [0, 0.05) is 6.04 Å². The average Bonchev–Trinajstić information content (AvgIpc) is 2.90. The van der Waals surface area contributed by atoms with E-state index in [1.807, 2.05) is 0 Å². The van der Waals surface area contributed by atoms with E-state index in [1.54, 1.807) is 0 Å². The van der Waals surface area contributed by atoms with Gasteiger partial charge in [0.05, 0.1) is 0 Å². The van der Waals surface area contributed by atoms with E-state index in [1.165, 1.54) is 6.42 Å². The lowest BCUT2D eigenvalue weighted by Crippen LogP contribution is -2.47. The maximum Gasteiger partial charge on any atom is 0.234 e. The zero-order valence-electron chi connectivity index (χ0n) is 7.99. The minimum absolute atomic E-state index is 0.0503. The van der Waals surface area contributed by atoms with Gasteiger partial charge < -0.3 is 16.3 Å². The van der Waals surface area contributed by atoms with Crippen LogP contribution < -0.4 is 11.1 Å². The van der Waals surface area contributed by atoms with Crippen molar-refractivity contribution in [3.8, 4) is 0 Å². The minimum Gasteiger partial charge on any atom is -0.409 e. The van der Waals surface area contributed by atoms with E-state index in [2.05, 4.69) is 10.5 Å². The molecule has 5 heteroatoms. The smallest absolute Gasteiger partial charge is 0.234 e. The largest absolute Gasteiger partial charge is 0.409 e. The molecular weight excluding hydrogens is 182 g/mol. The third kappa shape index (κ3) is 1.32. The van der Waals surface area contributed by atoms with Crippen molar-refractivity contribution in [2.75, 3.05) is 0 Å². The third-order valence-electron chi connectivity index (χ3n) is 3.22. The highest BCUT2D eigenvalue weighted by atomic mass is 16.4. The molecule has 2 aliphatic carbocycles. The average molecular weight is 197 g/mol. The minimum atomic E-state index is -0.690. The van der Waals surface area contributed by atoms with Crippen LogP contribution in [0, 0.1) is 5.41 Å². The second kappa shape index (κ2) is 3.15. The predicted octanol–water partition coefficient (Wildman–Crippen LogP) is 0.182. The number of amidine groups is 1. The number of hydrogen-bond donors (Lipinski definition) is 3. The molecule has 2 saturated carbocycles. The lowest BCUT2D eigenvalue weighted by atomic mass is 9.92. The van der Waals surface area contributed by atoms with Crippen LogP contribution in [0.2, 0.25) is 0 Å². The van der Waals surface area contributed by atoms with Gasteiger partial charge in [0.1, 0.15) is 5.41 Å². The molecule has 2 aliphatic rings. The van der Waals surface area contributed by atoms with Crippen LogP contribution in [0.5, 0.6) is 0 Å². The van der Waals surface area contributed by atoms with Gasteiger partial charge in [-0.25, -0.2) is 0 Å². The second-order valence-corrected chi connectivity index (χ2v) is 4.17. The first-order chi connectivity index (χ1) is 6.69. The van der Waals surface area contributed by atoms with Crippen molar-refractivity contribution in [3.63, 3.8) is 0 Å². The molecular formula is C9H15N3O2. The summed E-state index contributed by atoms with van der Waals surface area (Å²) in [4.78, 5) is 11.7. The molecule has 0 aromatic rings. The summed E-state index contributed by atoms with van der Waals surface area (Å²) >= 11 is 0. The molecule has 0 heterocycles. The molecule has 14 heavy (non-hydrogen) atoms. The van der Waals surface area contributed by atoms with Crippen molar-refractivity contribution in [1.82, 2.24) is 5.32 Å². The first-order valence-electron chi connectivity index (χ1n) is 4.98. The van der Waals surface area contributed by atoms with Gasteiger partial charge in [-0.15, -0.1) is 0 Å². The molecule has 0 aliphatic heterocycles. The number of nitrogens with two attached hydrogens (primary N) is 1. The van der Waals surface area contributed by atoms with Crippen molar-refractivity contribution in [2.45, 2.75) is 38.1 Å². The van der Waals surface area contributed by atoms with E-state index < -0.39 is 5.41 Å². The summed E-state index contributed by atoms with van der Waals surface area (Å²) in [7, 11) is 0. The van der Waals surface area contributed by atoms with E-state index in [-0.39, 0.29) is 11.7 Å². The van der Waals surface area contributed by atoms with E-state index in [0.29, 0.717) is 18.9 Å². The number of carbonyl (C=O) groups excluding carboxylic acids is 1. The molecule has 78 valence electrons. The van der Waals surface area contributed by atoms with Crippen molar-refractivity contribution >= 4 is 11.7 Å². The molecule has 2 rings (SSSR count). The van der Waals surface area contributed by atoms with E-state index in [9.17, 15) is 4.79 Å². The topological polar surface area (TPSA) is 87.7 Å². The van der Waals surface area contributed by atoms with Gasteiger partial charge in [0.25, 0.3) is 0 Å². The fraction of sp³-hybridized carbons (Fsp3) is 0.778. The number of oxime groups is 1. The third-order valence-corrected chi connectivity index (χ3v) is 3.22. The van der Waals surface area contributed by atoms with Crippen molar-refractivity contribution in [2.24, 2.45) is 16.3 Å². The molecule has 4 N–H and O–H groups in total.